The first-order valence-electron chi connectivity index (χ1n) is 5.42. The number of rotatable bonds is 2. The molecule has 0 N–H and O–H groups in total. The molecule has 3 heteroatoms. The van der Waals surface area contributed by atoms with Crippen molar-refractivity contribution in [1.29, 1.82) is 0 Å². The first kappa shape index (κ1) is 12.1. The Kier molecular flexibility index (Phi) is 3.45. The molecule has 0 saturated carbocycles. The summed E-state index contributed by atoms with van der Waals surface area (Å²) in [5.41, 5.74) is 1.31. The number of pyridine rings is 1. The third-order valence-corrected chi connectivity index (χ3v) is 6.90. The van der Waals surface area contributed by atoms with Gasteiger partial charge < -0.3 is 0 Å². The van der Waals surface area contributed by atoms with Crippen molar-refractivity contribution < 1.29 is 9.36 Å². The van der Waals surface area contributed by atoms with Crippen LogP contribution in [-0.2, 0) is 0 Å². The van der Waals surface area contributed by atoms with Crippen molar-refractivity contribution in [2.24, 2.45) is 0 Å². The number of hydrogen-bond donors (Lipinski definition) is 0. The molecule has 0 amide bonds. The third-order valence-electron chi connectivity index (χ3n) is 3.15. The zero-order chi connectivity index (χ0) is 11.6. The molecular weight excluding hydrogens is 202 g/mol. The van der Waals surface area contributed by atoms with E-state index in [1.54, 1.807) is 11.5 Å². The Labute approximate surface area is 93.0 Å². The van der Waals surface area contributed by atoms with E-state index in [0.717, 1.165) is 0 Å². The Hall–Kier alpha value is -0.963. The molecule has 0 aromatic carbocycles. The molecule has 0 aliphatic heterocycles. The summed E-state index contributed by atoms with van der Waals surface area (Å²) in [5.74, 6) is 0.0807. The quantitative estimate of drug-likeness (QED) is 0.553. The number of hydrogen-bond acceptors (Lipinski definition) is 1. The molecule has 0 aliphatic rings. The lowest BCUT2D eigenvalue weighted by molar-refractivity contribution is -0.571. The van der Waals surface area contributed by atoms with E-state index in [-0.39, 0.29) is 5.91 Å². The van der Waals surface area contributed by atoms with Crippen LogP contribution < -0.4 is 9.75 Å². The Morgan fingerprint density at radius 2 is 2.07 bits per heavy atom. The molecule has 0 fully saturated rings. The second-order valence-corrected chi connectivity index (χ2v) is 9.72. The van der Waals surface area contributed by atoms with E-state index in [2.05, 4.69) is 26.9 Å². The van der Waals surface area contributed by atoms with Crippen LogP contribution in [0.3, 0.4) is 0 Å². The standard InChI is InChI=1S/C12H20NOSi/c1-6-15(4,5)12-9-13(11(3)14)8-7-10(12)2/h7-9H,6H2,1-5H3/q+1. The molecule has 0 atom stereocenters. The molecule has 0 radical (unpaired) electrons. The first-order valence-corrected chi connectivity index (χ1v) is 8.62. The van der Waals surface area contributed by atoms with Crippen LogP contribution in [0.1, 0.15) is 24.2 Å². The summed E-state index contributed by atoms with van der Waals surface area (Å²) >= 11 is 0. The lowest BCUT2D eigenvalue weighted by atomic mass is 10.3. The van der Waals surface area contributed by atoms with Gasteiger partial charge in [-0.1, -0.05) is 26.1 Å². The molecule has 1 rings (SSSR count). The molecule has 82 valence electrons. The van der Waals surface area contributed by atoms with E-state index in [1.165, 1.54) is 16.8 Å². The molecule has 0 unspecified atom stereocenters. The maximum Gasteiger partial charge on any atom is 0.389 e. The topological polar surface area (TPSA) is 20.9 Å². The van der Waals surface area contributed by atoms with Gasteiger partial charge in [0.2, 0.25) is 0 Å². The molecule has 0 aliphatic carbocycles. The summed E-state index contributed by atoms with van der Waals surface area (Å²) < 4.78 is 1.69. The van der Waals surface area contributed by atoms with Gasteiger partial charge in [-0.15, -0.1) is 4.57 Å². The molecule has 0 spiro atoms. The van der Waals surface area contributed by atoms with Crippen LogP contribution in [0.15, 0.2) is 18.5 Å². The van der Waals surface area contributed by atoms with Gasteiger partial charge >= 0.3 is 5.91 Å². The van der Waals surface area contributed by atoms with Crippen LogP contribution in [0.4, 0.5) is 0 Å². The Bertz CT molecular complexity index is 385. The molecule has 1 aromatic rings. The Balaban J connectivity index is 3.28. The van der Waals surface area contributed by atoms with Crippen molar-refractivity contribution in [3.63, 3.8) is 0 Å². The summed E-state index contributed by atoms with van der Waals surface area (Å²) in [4.78, 5) is 11.3. The minimum Gasteiger partial charge on any atom is -0.220 e. The molecule has 1 aromatic heterocycles. The van der Waals surface area contributed by atoms with E-state index < -0.39 is 8.07 Å². The average molecular weight is 222 g/mol. The van der Waals surface area contributed by atoms with Crippen LogP contribution in [0.2, 0.25) is 19.1 Å². The van der Waals surface area contributed by atoms with Gasteiger partial charge in [-0.2, -0.15) is 0 Å². The van der Waals surface area contributed by atoms with E-state index >= 15 is 0 Å². The fourth-order valence-corrected chi connectivity index (χ4v) is 3.68. The van der Waals surface area contributed by atoms with E-state index in [1.807, 2.05) is 18.5 Å². The maximum atomic E-state index is 11.3. The fourth-order valence-electron chi connectivity index (χ4n) is 1.66. The lowest BCUT2D eigenvalue weighted by Crippen LogP contribution is -2.50. The van der Waals surface area contributed by atoms with E-state index in [0.29, 0.717) is 0 Å². The van der Waals surface area contributed by atoms with Gasteiger partial charge in [-0.25, -0.2) is 4.79 Å². The van der Waals surface area contributed by atoms with Crippen LogP contribution in [0, 0.1) is 6.92 Å². The Morgan fingerprint density at radius 1 is 1.47 bits per heavy atom. The van der Waals surface area contributed by atoms with Crippen LogP contribution in [0.25, 0.3) is 0 Å². The zero-order valence-electron chi connectivity index (χ0n) is 10.3. The summed E-state index contributed by atoms with van der Waals surface area (Å²) in [6, 6.07) is 3.25. The monoisotopic (exact) mass is 222 g/mol. The van der Waals surface area contributed by atoms with Gasteiger partial charge in [0.15, 0.2) is 12.4 Å². The third kappa shape index (κ3) is 2.53. The van der Waals surface area contributed by atoms with E-state index in [9.17, 15) is 4.79 Å². The van der Waals surface area contributed by atoms with Gasteiger partial charge in [-0.3, -0.25) is 0 Å². The summed E-state index contributed by atoms with van der Waals surface area (Å²) in [6.07, 6.45) is 3.87. The van der Waals surface area contributed by atoms with Crippen molar-refractivity contribution in [2.45, 2.75) is 39.9 Å². The van der Waals surface area contributed by atoms with Crippen LogP contribution in [0.5, 0.6) is 0 Å². The van der Waals surface area contributed by atoms with Gasteiger partial charge in [0.05, 0.1) is 15.0 Å². The van der Waals surface area contributed by atoms with Gasteiger partial charge in [0.25, 0.3) is 0 Å². The SMILES string of the molecule is CC[Si](C)(C)c1c[n+](C(C)=O)ccc1C. The second-order valence-electron chi connectivity index (χ2n) is 4.71. The molecule has 15 heavy (non-hydrogen) atoms. The zero-order valence-corrected chi connectivity index (χ0v) is 11.3. The highest BCUT2D eigenvalue weighted by Crippen LogP contribution is 2.09. The highest BCUT2D eigenvalue weighted by molar-refractivity contribution is 6.89. The smallest absolute Gasteiger partial charge is 0.220 e. The number of carbonyl (C=O) groups is 1. The predicted octanol–water partition coefficient (Wildman–Crippen LogP) is 1.88. The normalized spacial score (nSPS) is 11.5. The van der Waals surface area contributed by atoms with Crippen LogP contribution in [-0.4, -0.2) is 14.0 Å². The minimum atomic E-state index is -1.35. The summed E-state index contributed by atoms with van der Waals surface area (Å²) in [7, 11) is -1.35. The molecule has 2 nitrogen and oxygen atoms in total. The average Bonchev–Trinajstić information content (AvgIpc) is 2.17. The van der Waals surface area contributed by atoms with Gasteiger partial charge in [-0.05, 0) is 12.5 Å². The summed E-state index contributed by atoms with van der Waals surface area (Å²) in [6.45, 7) is 10.7. The van der Waals surface area contributed by atoms with Crippen molar-refractivity contribution in [1.82, 2.24) is 0 Å². The van der Waals surface area contributed by atoms with Crippen molar-refractivity contribution in [2.75, 3.05) is 0 Å². The number of aryl methyl sites for hydroxylation is 1. The fraction of sp³-hybridized carbons (Fsp3) is 0.500. The number of aromatic nitrogens is 1. The highest BCUT2D eigenvalue weighted by Gasteiger charge is 2.26. The maximum absolute atomic E-state index is 11.3. The highest BCUT2D eigenvalue weighted by atomic mass is 28.3. The predicted molar refractivity (Wildman–Crippen MR) is 65.3 cm³/mol. The number of nitrogens with zero attached hydrogens (tertiary/aromatic N) is 1. The van der Waals surface area contributed by atoms with Crippen molar-refractivity contribution in [3.05, 3.63) is 24.0 Å². The first-order chi connectivity index (χ1) is 6.88. The molecule has 0 bridgehead atoms. The van der Waals surface area contributed by atoms with Crippen LogP contribution >= 0.6 is 0 Å². The van der Waals surface area contributed by atoms with Gasteiger partial charge in [0.1, 0.15) is 0 Å². The van der Waals surface area contributed by atoms with E-state index in [4.69, 9.17) is 0 Å². The van der Waals surface area contributed by atoms with Crippen molar-refractivity contribution in [3.8, 4) is 0 Å². The van der Waals surface area contributed by atoms with Gasteiger partial charge in [0, 0.05) is 11.3 Å². The summed E-state index contributed by atoms with van der Waals surface area (Å²) in [5, 5.41) is 1.39. The Morgan fingerprint density at radius 3 is 2.53 bits per heavy atom. The largest absolute Gasteiger partial charge is 0.389 e. The number of carbonyl (C=O) groups excluding carboxylic acids is 1. The minimum absolute atomic E-state index is 0.0807. The lowest BCUT2D eigenvalue weighted by Gasteiger charge is -2.20. The molecule has 0 saturated heterocycles. The second kappa shape index (κ2) is 4.27. The van der Waals surface area contributed by atoms with Crippen molar-refractivity contribution >= 4 is 19.2 Å². The molecular formula is C12H20NOSi+. The molecule has 1 heterocycles.